The van der Waals surface area contributed by atoms with Crippen molar-refractivity contribution in [2.45, 2.75) is 39.2 Å². The molecule has 179 valence electrons. The van der Waals surface area contributed by atoms with Gasteiger partial charge in [-0.15, -0.1) is 5.48 Å². The normalized spacial score (nSPS) is 11.5. The van der Waals surface area contributed by atoms with Gasteiger partial charge in [0.25, 0.3) is 0 Å². The molecule has 0 aliphatic rings. The summed E-state index contributed by atoms with van der Waals surface area (Å²) < 4.78 is 0. The number of rotatable bonds is 8. The molecule has 0 saturated carbocycles. The van der Waals surface area contributed by atoms with E-state index in [1.54, 1.807) is 0 Å². The van der Waals surface area contributed by atoms with Gasteiger partial charge in [-0.05, 0) is 91.1 Å². The van der Waals surface area contributed by atoms with E-state index in [0.29, 0.717) is 15.1 Å². The molecule has 0 aromatic heterocycles. The average Bonchev–Trinajstić information content (AvgIpc) is 2.84. The Morgan fingerprint density at radius 1 is 0.629 bits per heavy atom. The third-order valence-electron chi connectivity index (χ3n) is 5.83. The quantitative estimate of drug-likeness (QED) is 0.211. The Labute approximate surface area is 222 Å². The van der Waals surface area contributed by atoms with Crippen LogP contribution in [0.2, 0.25) is 15.1 Å². The summed E-state index contributed by atoms with van der Waals surface area (Å²) in [5.41, 5.74) is 11.1. The highest BCUT2D eigenvalue weighted by molar-refractivity contribution is 6.31. The molecule has 35 heavy (non-hydrogen) atoms. The molecule has 4 aromatic rings. The van der Waals surface area contributed by atoms with Crippen LogP contribution in [0, 0.1) is 0 Å². The summed E-state index contributed by atoms with van der Waals surface area (Å²) in [5.74, 6) is 0. The SMILES string of the molecule is CCCC(C)(C)O[N]c1c(-c2ccc(Cl)cc2)cc(-c2ccc(Cl)cc2)cc1-c1ccc(Cl)cc1. The maximum absolute atomic E-state index is 6.21. The second-order valence-electron chi connectivity index (χ2n) is 9.13. The zero-order chi connectivity index (χ0) is 25.0. The Hall–Kier alpha value is -2.49. The smallest absolute Gasteiger partial charge is 0.106 e. The summed E-state index contributed by atoms with van der Waals surface area (Å²) in [7, 11) is 0. The first-order valence-electron chi connectivity index (χ1n) is 11.6. The standard InChI is InChI=1S/C30H27Cl3NO/c1-4-17-30(2,3)35-34-29-27(21-7-13-25(32)14-8-21)18-23(20-5-11-24(31)12-6-20)19-28(29)22-9-15-26(33)16-10-22/h5-16,18-19H,4,17H2,1-3H3. The van der Waals surface area contributed by atoms with Crippen LogP contribution in [0.4, 0.5) is 5.69 Å². The Morgan fingerprint density at radius 3 is 1.43 bits per heavy atom. The molecule has 0 amide bonds. The Kier molecular flexibility index (Phi) is 8.09. The molecule has 4 rings (SSSR count). The molecule has 0 fully saturated rings. The van der Waals surface area contributed by atoms with E-state index < -0.39 is 5.60 Å². The Bertz CT molecular complexity index is 1210. The van der Waals surface area contributed by atoms with Crippen molar-refractivity contribution in [2.24, 2.45) is 0 Å². The van der Waals surface area contributed by atoms with Gasteiger partial charge < -0.3 is 0 Å². The van der Waals surface area contributed by atoms with E-state index in [-0.39, 0.29) is 0 Å². The summed E-state index contributed by atoms with van der Waals surface area (Å²) in [4.78, 5) is 6.14. The number of benzene rings is 4. The predicted molar refractivity (Wildman–Crippen MR) is 150 cm³/mol. The third kappa shape index (κ3) is 6.39. The van der Waals surface area contributed by atoms with Gasteiger partial charge in [-0.1, -0.05) is 84.5 Å². The number of halogens is 3. The monoisotopic (exact) mass is 522 g/mol. The molecule has 2 nitrogen and oxygen atoms in total. The van der Waals surface area contributed by atoms with Gasteiger partial charge >= 0.3 is 0 Å². The third-order valence-corrected chi connectivity index (χ3v) is 6.59. The molecule has 0 aliphatic carbocycles. The first-order chi connectivity index (χ1) is 16.8. The largest absolute Gasteiger partial charge is 0.246 e. The molecular formula is C30H27Cl3NO. The number of hydrogen-bond donors (Lipinski definition) is 0. The number of hydrogen-bond acceptors (Lipinski definition) is 1. The fourth-order valence-corrected chi connectivity index (χ4v) is 4.44. The zero-order valence-electron chi connectivity index (χ0n) is 20.0. The van der Waals surface area contributed by atoms with Crippen molar-refractivity contribution in [1.82, 2.24) is 5.48 Å². The van der Waals surface area contributed by atoms with Crippen molar-refractivity contribution in [3.8, 4) is 33.4 Å². The second-order valence-corrected chi connectivity index (χ2v) is 10.4. The van der Waals surface area contributed by atoms with Gasteiger partial charge in [0.15, 0.2) is 0 Å². The van der Waals surface area contributed by atoms with Gasteiger partial charge in [0.05, 0.1) is 5.60 Å². The lowest BCUT2D eigenvalue weighted by Gasteiger charge is -2.25. The fourth-order valence-electron chi connectivity index (χ4n) is 4.06. The van der Waals surface area contributed by atoms with E-state index in [4.69, 9.17) is 45.1 Å². The second kappa shape index (κ2) is 11.1. The van der Waals surface area contributed by atoms with Crippen LogP contribution in [0.1, 0.15) is 33.6 Å². The lowest BCUT2D eigenvalue weighted by atomic mass is 9.91. The average molecular weight is 524 g/mol. The van der Waals surface area contributed by atoms with Gasteiger partial charge in [0.2, 0.25) is 0 Å². The van der Waals surface area contributed by atoms with Crippen molar-refractivity contribution in [2.75, 3.05) is 0 Å². The lowest BCUT2D eigenvalue weighted by Crippen LogP contribution is -2.27. The molecule has 0 heterocycles. The van der Waals surface area contributed by atoms with E-state index in [0.717, 1.165) is 51.9 Å². The van der Waals surface area contributed by atoms with Gasteiger partial charge in [-0.3, -0.25) is 0 Å². The van der Waals surface area contributed by atoms with Crippen molar-refractivity contribution < 1.29 is 4.84 Å². The van der Waals surface area contributed by atoms with Crippen molar-refractivity contribution in [1.29, 1.82) is 0 Å². The maximum atomic E-state index is 6.21. The molecule has 0 unspecified atom stereocenters. The van der Waals surface area contributed by atoms with Crippen molar-refractivity contribution in [3.05, 3.63) is 100.0 Å². The van der Waals surface area contributed by atoms with Crippen molar-refractivity contribution in [3.63, 3.8) is 0 Å². The Morgan fingerprint density at radius 2 is 1.03 bits per heavy atom. The summed E-state index contributed by atoms with van der Waals surface area (Å²) >= 11 is 18.6. The van der Waals surface area contributed by atoms with Crippen LogP contribution in [-0.4, -0.2) is 5.60 Å². The van der Waals surface area contributed by atoms with Crippen LogP contribution in [0.3, 0.4) is 0 Å². The maximum Gasteiger partial charge on any atom is 0.106 e. The summed E-state index contributed by atoms with van der Waals surface area (Å²) in [6.07, 6.45) is 1.90. The summed E-state index contributed by atoms with van der Waals surface area (Å²) in [5, 5.41) is 2.06. The molecule has 0 bridgehead atoms. The predicted octanol–water partition coefficient (Wildman–Crippen LogP) is 10.4. The fraction of sp³-hybridized carbons (Fsp3) is 0.200. The van der Waals surface area contributed by atoms with E-state index in [1.807, 2.05) is 72.8 Å². The van der Waals surface area contributed by atoms with Crippen LogP contribution in [0.15, 0.2) is 84.9 Å². The van der Waals surface area contributed by atoms with E-state index >= 15 is 0 Å². The first kappa shape index (κ1) is 25.6. The topological polar surface area (TPSA) is 23.3 Å². The molecule has 0 spiro atoms. The minimum Gasteiger partial charge on any atom is -0.246 e. The Balaban J connectivity index is 1.94. The highest BCUT2D eigenvalue weighted by Gasteiger charge is 2.23. The molecule has 1 radical (unpaired) electrons. The molecule has 0 saturated heterocycles. The van der Waals surface area contributed by atoms with Crippen molar-refractivity contribution >= 4 is 40.5 Å². The summed E-state index contributed by atoms with van der Waals surface area (Å²) in [6.45, 7) is 6.27. The highest BCUT2D eigenvalue weighted by atomic mass is 35.5. The molecular weight excluding hydrogens is 497 g/mol. The van der Waals surface area contributed by atoms with Gasteiger partial charge in [0.1, 0.15) is 5.69 Å². The molecule has 0 N–H and O–H groups in total. The lowest BCUT2D eigenvalue weighted by molar-refractivity contribution is -0.0719. The van der Waals surface area contributed by atoms with Crippen LogP contribution < -0.4 is 5.48 Å². The summed E-state index contributed by atoms with van der Waals surface area (Å²) in [6, 6.07) is 27.7. The molecule has 5 heteroatoms. The van der Waals surface area contributed by atoms with Crippen LogP contribution in [-0.2, 0) is 4.84 Å². The van der Waals surface area contributed by atoms with Crippen LogP contribution in [0.25, 0.3) is 33.4 Å². The number of nitrogens with zero attached hydrogens (tertiary/aromatic N) is 1. The van der Waals surface area contributed by atoms with Gasteiger partial charge in [-0.25, -0.2) is 4.84 Å². The van der Waals surface area contributed by atoms with Gasteiger partial charge in [-0.2, -0.15) is 0 Å². The first-order valence-corrected chi connectivity index (χ1v) is 12.7. The van der Waals surface area contributed by atoms with Crippen LogP contribution in [0.5, 0.6) is 0 Å². The van der Waals surface area contributed by atoms with E-state index in [2.05, 4.69) is 32.9 Å². The van der Waals surface area contributed by atoms with E-state index in [1.165, 1.54) is 0 Å². The highest BCUT2D eigenvalue weighted by Crippen LogP contribution is 2.42. The molecule has 0 atom stereocenters. The van der Waals surface area contributed by atoms with Gasteiger partial charge in [0, 0.05) is 26.2 Å². The minimum atomic E-state index is -0.391. The zero-order valence-corrected chi connectivity index (χ0v) is 22.3. The minimum absolute atomic E-state index is 0.391. The molecule has 0 aliphatic heterocycles. The van der Waals surface area contributed by atoms with Crippen LogP contribution >= 0.6 is 34.8 Å². The van der Waals surface area contributed by atoms with E-state index in [9.17, 15) is 0 Å². The molecule has 4 aromatic carbocycles.